The lowest BCUT2D eigenvalue weighted by Gasteiger charge is -2.26. The van der Waals surface area contributed by atoms with Crippen LogP contribution in [0.2, 0.25) is 10.0 Å². The quantitative estimate of drug-likeness (QED) is 0.631. The number of rotatable bonds is 6. The Labute approximate surface area is 182 Å². The van der Waals surface area contributed by atoms with E-state index in [1.807, 2.05) is 55.1 Å². The van der Waals surface area contributed by atoms with E-state index in [2.05, 4.69) is 11.0 Å². The van der Waals surface area contributed by atoms with Crippen LogP contribution in [-0.4, -0.2) is 40.4 Å². The van der Waals surface area contributed by atoms with Gasteiger partial charge in [-0.2, -0.15) is 0 Å². The summed E-state index contributed by atoms with van der Waals surface area (Å²) in [4.78, 5) is 17.2. The van der Waals surface area contributed by atoms with Gasteiger partial charge in [-0.3, -0.25) is 9.69 Å². The number of carbonyl (C=O) groups excluding carboxylic acids is 1. The Bertz CT molecular complexity index is 882. The molecule has 0 N–H and O–H groups in total. The number of hydrogen-bond donors (Lipinski definition) is 0. The van der Waals surface area contributed by atoms with E-state index in [1.54, 1.807) is 0 Å². The molecule has 0 radical (unpaired) electrons. The van der Waals surface area contributed by atoms with E-state index < -0.39 is 0 Å². The third kappa shape index (κ3) is 4.25. The molecule has 0 spiro atoms. The lowest BCUT2D eigenvalue weighted by Crippen LogP contribution is -2.36. The van der Waals surface area contributed by atoms with Gasteiger partial charge >= 0.3 is 0 Å². The molecule has 4 rings (SSSR count). The minimum absolute atomic E-state index is 0.131. The molecule has 29 heavy (non-hydrogen) atoms. The van der Waals surface area contributed by atoms with Gasteiger partial charge in [0.05, 0.1) is 6.10 Å². The minimum Gasteiger partial charge on any atom is -0.491 e. The van der Waals surface area contributed by atoms with E-state index in [1.165, 1.54) is 5.56 Å². The van der Waals surface area contributed by atoms with Crippen LogP contribution in [0.25, 0.3) is 0 Å². The molecular formula is C23H26Cl2N2O2. The highest BCUT2D eigenvalue weighted by molar-refractivity contribution is 6.36. The number of para-hydroxylation sites is 1. The fourth-order valence-electron chi connectivity index (χ4n) is 4.49. The highest BCUT2D eigenvalue weighted by Crippen LogP contribution is 2.37. The first-order chi connectivity index (χ1) is 13.9. The Hall–Kier alpha value is -1.75. The van der Waals surface area contributed by atoms with E-state index in [4.69, 9.17) is 27.9 Å². The number of halogens is 2. The average molecular weight is 433 g/mol. The molecule has 2 heterocycles. The van der Waals surface area contributed by atoms with E-state index in [-0.39, 0.29) is 24.1 Å². The second kappa shape index (κ2) is 8.55. The Morgan fingerprint density at radius 3 is 2.48 bits per heavy atom. The number of ether oxygens (including phenoxy) is 1. The van der Waals surface area contributed by atoms with Crippen LogP contribution in [0.15, 0.2) is 42.5 Å². The SMILES string of the molecule is CC(C)Oc1ccccc1CN1CC[C@H]2[C@@H]1CC(=O)N2Cc1c(Cl)cccc1Cl. The topological polar surface area (TPSA) is 32.8 Å². The minimum atomic E-state index is 0.131. The van der Waals surface area contributed by atoms with E-state index >= 15 is 0 Å². The van der Waals surface area contributed by atoms with E-state index in [0.717, 1.165) is 30.8 Å². The molecule has 0 saturated carbocycles. The Morgan fingerprint density at radius 1 is 1.03 bits per heavy atom. The summed E-state index contributed by atoms with van der Waals surface area (Å²) in [6, 6.07) is 14.1. The van der Waals surface area contributed by atoms with Crippen molar-refractivity contribution < 1.29 is 9.53 Å². The number of likely N-dealkylation sites (tertiary alicyclic amines) is 2. The van der Waals surface area contributed by atoms with Crippen molar-refractivity contribution in [2.24, 2.45) is 0 Å². The van der Waals surface area contributed by atoms with Crippen molar-refractivity contribution in [1.82, 2.24) is 9.80 Å². The van der Waals surface area contributed by atoms with Crippen molar-refractivity contribution in [1.29, 1.82) is 0 Å². The molecule has 0 unspecified atom stereocenters. The third-order valence-electron chi connectivity index (χ3n) is 5.83. The lowest BCUT2D eigenvalue weighted by atomic mass is 10.1. The molecule has 2 saturated heterocycles. The molecule has 154 valence electrons. The van der Waals surface area contributed by atoms with E-state index in [0.29, 0.717) is 23.0 Å². The normalized spacial score (nSPS) is 21.8. The summed E-state index contributed by atoms with van der Waals surface area (Å²) >= 11 is 12.7. The van der Waals surface area contributed by atoms with Crippen molar-refractivity contribution >= 4 is 29.1 Å². The van der Waals surface area contributed by atoms with Crippen LogP contribution in [0, 0.1) is 0 Å². The Morgan fingerprint density at radius 2 is 1.76 bits per heavy atom. The maximum absolute atomic E-state index is 12.8. The van der Waals surface area contributed by atoms with Crippen molar-refractivity contribution in [2.45, 2.75) is 58.0 Å². The van der Waals surface area contributed by atoms with Gasteiger partial charge in [-0.15, -0.1) is 0 Å². The second-order valence-corrected chi connectivity index (χ2v) is 8.91. The highest BCUT2D eigenvalue weighted by atomic mass is 35.5. The Kier molecular flexibility index (Phi) is 6.05. The van der Waals surface area contributed by atoms with Gasteiger partial charge < -0.3 is 9.64 Å². The predicted molar refractivity (Wildman–Crippen MR) is 116 cm³/mol. The van der Waals surface area contributed by atoms with Gasteiger partial charge in [0, 0.05) is 59.3 Å². The molecule has 1 amide bonds. The van der Waals surface area contributed by atoms with Crippen LogP contribution in [0.1, 0.15) is 37.8 Å². The molecule has 2 aliphatic rings. The molecule has 2 fully saturated rings. The van der Waals surface area contributed by atoms with Gasteiger partial charge in [0.25, 0.3) is 0 Å². The summed E-state index contributed by atoms with van der Waals surface area (Å²) in [5.41, 5.74) is 2.00. The first-order valence-electron chi connectivity index (χ1n) is 10.1. The van der Waals surface area contributed by atoms with Crippen LogP contribution in [0.3, 0.4) is 0 Å². The maximum Gasteiger partial charge on any atom is 0.224 e. The zero-order valence-electron chi connectivity index (χ0n) is 16.8. The van der Waals surface area contributed by atoms with Crippen molar-refractivity contribution in [2.75, 3.05) is 6.54 Å². The van der Waals surface area contributed by atoms with Gasteiger partial charge in [-0.1, -0.05) is 47.5 Å². The summed E-state index contributed by atoms with van der Waals surface area (Å²) < 4.78 is 5.98. The van der Waals surface area contributed by atoms with Crippen molar-refractivity contribution in [3.05, 3.63) is 63.6 Å². The third-order valence-corrected chi connectivity index (χ3v) is 6.54. The average Bonchev–Trinajstić information content (AvgIpc) is 3.19. The summed E-state index contributed by atoms with van der Waals surface area (Å²) in [7, 11) is 0. The molecule has 0 aliphatic carbocycles. The molecule has 2 aliphatic heterocycles. The van der Waals surface area contributed by atoms with Gasteiger partial charge in [0.15, 0.2) is 0 Å². The van der Waals surface area contributed by atoms with Crippen molar-refractivity contribution in [3.8, 4) is 5.75 Å². The van der Waals surface area contributed by atoms with E-state index in [9.17, 15) is 4.79 Å². The van der Waals surface area contributed by atoms with Crippen LogP contribution >= 0.6 is 23.2 Å². The van der Waals surface area contributed by atoms with Gasteiger partial charge in [0.1, 0.15) is 5.75 Å². The number of nitrogens with zero attached hydrogens (tertiary/aromatic N) is 2. The Balaban J connectivity index is 1.50. The number of benzene rings is 2. The summed E-state index contributed by atoms with van der Waals surface area (Å²) in [5.74, 6) is 1.10. The van der Waals surface area contributed by atoms with Crippen LogP contribution in [0.5, 0.6) is 5.75 Å². The number of carbonyl (C=O) groups is 1. The standard InChI is InChI=1S/C23H26Cl2N2O2/c1-15(2)29-22-9-4-3-6-16(22)13-26-11-10-20-21(26)12-23(28)27(20)14-17-18(24)7-5-8-19(17)25/h3-9,15,20-21H,10-14H2,1-2H3/t20-,21-/m0/s1. The first kappa shape index (κ1) is 20.5. The lowest BCUT2D eigenvalue weighted by molar-refractivity contribution is -0.129. The molecule has 4 nitrogen and oxygen atoms in total. The largest absolute Gasteiger partial charge is 0.491 e. The highest BCUT2D eigenvalue weighted by Gasteiger charge is 2.46. The zero-order chi connectivity index (χ0) is 20.5. The molecule has 2 aromatic rings. The van der Waals surface area contributed by atoms with Crippen LogP contribution in [0.4, 0.5) is 0 Å². The molecule has 2 aromatic carbocycles. The monoisotopic (exact) mass is 432 g/mol. The summed E-state index contributed by atoms with van der Waals surface area (Å²) in [6.45, 7) is 6.30. The molecule has 6 heteroatoms. The zero-order valence-corrected chi connectivity index (χ0v) is 18.3. The molecule has 2 atom stereocenters. The van der Waals surface area contributed by atoms with Crippen LogP contribution in [-0.2, 0) is 17.9 Å². The van der Waals surface area contributed by atoms with Crippen LogP contribution < -0.4 is 4.74 Å². The van der Waals surface area contributed by atoms with Crippen molar-refractivity contribution in [3.63, 3.8) is 0 Å². The fraction of sp³-hybridized carbons (Fsp3) is 0.435. The number of hydrogen-bond acceptors (Lipinski definition) is 3. The molecular weight excluding hydrogens is 407 g/mol. The first-order valence-corrected chi connectivity index (χ1v) is 10.9. The number of amides is 1. The number of fused-ring (bicyclic) bond motifs is 1. The molecule has 0 aromatic heterocycles. The van der Waals surface area contributed by atoms with Gasteiger partial charge in [-0.25, -0.2) is 0 Å². The second-order valence-electron chi connectivity index (χ2n) is 8.09. The summed E-state index contributed by atoms with van der Waals surface area (Å²) in [5, 5.41) is 1.23. The van der Waals surface area contributed by atoms with Gasteiger partial charge in [0.2, 0.25) is 5.91 Å². The smallest absolute Gasteiger partial charge is 0.224 e. The molecule has 0 bridgehead atoms. The maximum atomic E-state index is 12.8. The van der Waals surface area contributed by atoms with Gasteiger partial charge in [-0.05, 0) is 38.5 Å². The predicted octanol–water partition coefficient (Wildman–Crippen LogP) is 5.16. The summed E-state index contributed by atoms with van der Waals surface area (Å²) in [6.07, 6.45) is 1.64. The fourth-order valence-corrected chi connectivity index (χ4v) is 5.00.